The van der Waals surface area contributed by atoms with Crippen LogP contribution in [-0.4, -0.2) is 19.5 Å². The Morgan fingerprint density at radius 1 is 0.360 bits per heavy atom. The van der Waals surface area contributed by atoms with Crippen molar-refractivity contribution in [1.29, 1.82) is 0 Å². The third kappa shape index (κ3) is 4.45. The molecule has 0 fully saturated rings. The van der Waals surface area contributed by atoms with E-state index in [1.807, 2.05) is 78.9 Å². The van der Waals surface area contributed by atoms with Crippen molar-refractivity contribution in [3.8, 4) is 51.0 Å². The molecular weight excluding hydrogens is 613 g/mol. The summed E-state index contributed by atoms with van der Waals surface area (Å²) in [7, 11) is 0. The molecule has 0 atom stereocenters. The number of aromatic nitrogens is 4. The van der Waals surface area contributed by atoms with Gasteiger partial charge in [0.15, 0.2) is 17.5 Å². The Morgan fingerprint density at radius 3 is 1.58 bits per heavy atom. The van der Waals surface area contributed by atoms with Crippen molar-refractivity contribution in [3.05, 3.63) is 170 Å². The number of fused-ring (bicyclic) bond motifs is 6. The minimum atomic E-state index is 0.592. The average Bonchev–Trinajstić information content (AvgIpc) is 3.75. The molecule has 0 saturated heterocycles. The van der Waals surface area contributed by atoms with E-state index in [0.29, 0.717) is 17.5 Å². The van der Waals surface area contributed by atoms with Crippen LogP contribution >= 0.6 is 0 Å². The van der Waals surface area contributed by atoms with Crippen molar-refractivity contribution >= 4 is 43.7 Å². The van der Waals surface area contributed by atoms with E-state index < -0.39 is 0 Å². The van der Waals surface area contributed by atoms with Gasteiger partial charge in [-0.1, -0.05) is 140 Å². The van der Waals surface area contributed by atoms with E-state index in [0.717, 1.165) is 55.3 Å². The van der Waals surface area contributed by atoms with Gasteiger partial charge < -0.3 is 8.98 Å². The van der Waals surface area contributed by atoms with Gasteiger partial charge in [-0.3, -0.25) is 0 Å². The van der Waals surface area contributed by atoms with Gasteiger partial charge in [0, 0.05) is 32.8 Å². The highest BCUT2D eigenvalue weighted by atomic mass is 16.3. The second-order valence-corrected chi connectivity index (χ2v) is 12.4. The van der Waals surface area contributed by atoms with Gasteiger partial charge in [0.1, 0.15) is 11.2 Å². The first-order chi connectivity index (χ1) is 24.8. The summed E-state index contributed by atoms with van der Waals surface area (Å²) in [6.07, 6.45) is 0. The molecule has 0 bridgehead atoms. The maximum Gasteiger partial charge on any atom is 0.164 e. The summed E-state index contributed by atoms with van der Waals surface area (Å²) in [6.45, 7) is 0. The first-order valence-electron chi connectivity index (χ1n) is 16.7. The monoisotopic (exact) mass is 640 g/mol. The standard InChI is InChI=1S/C45H28N4O/c1-4-15-29(16-5-1)32-22-12-25-36-40(32)33-21-10-11-24-35(33)49(36)37-26-14-28-39-42(37)41-34(23-13-27-38(41)50-39)45-47-43(30-17-6-2-7-18-30)46-44(48-45)31-19-8-3-9-20-31/h1-28H. The molecule has 5 nitrogen and oxygen atoms in total. The van der Waals surface area contributed by atoms with Gasteiger partial charge in [0.05, 0.1) is 22.1 Å². The van der Waals surface area contributed by atoms with Crippen LogP contribution in [0.25, 0.3) is 94.7 Å². The Bertz CT molecular complexity index is 2800. The van der Waals surface area contributed by atoms with Gasteiger partial charge in [-0.25, -0.2) is 15.0 Å². The van der Waals surface area contributed by atoms with Crippen molar-refractivity contribution in [2.75, 3.05) is 0 Å². The molecule has 234 valence electrons. The van der Waals surface area contributed by atoms with Gasteiger partial charge in [-0.15, -0.1) is 0 Å². The van der Waals surface area contributed by atoms with Crippen LogP contribution in [-0.2, 0) is 0 Å². The van der Waals surface area contributed by atoms with Crippen molar-refractivity contribution in [2.45, 2.75) is 0 Å². The first kappa shape index (κ1) is 28.2. The summed E-state index contributed by atoms with van der Waals surface area (Å²) in [5, 5.41) is 4.39. The molecule has 0 aliphatic carbocycles. The summed E-state index contributed by atoms with van der Waals surface area (Å²) in [4.78, 5) is 15.1. The molecule has 7 aromatic carbocycles. The van der Waals surface area contributed by atoms with Crippen molar-refractivity contribution < 1.29 is 4.42 Å². The van der Waals surface area contributed by atoms with Gasteiger partial charge in [-0.2, -0.15) is 0 Å². The zero-order valence-corrected chi connectivity index (χ0v) is 26.9. The van der Waals surface area contributed by atoms with E-state index in [-0.39, 0.29) is 0 Å². The molecule has 0 radical (unpaired) electrons. The zero-order chi connectivity index (χ0) is 33.0. The van der Waals surface area contributed by atoms with E-state index in [2.05, 4.69) is 95.6 Å². The SMILES string of the molecule is c1ccc(-c2nc(-c3ccccc3)nc(-c3cccc4oc5cccc(-n6c7ccccc7c7c(-c8ccccc8)cccc76)c5c34)n2)cc1. The molecule has 0 unspecified atom stereocenters. The molecule has 0 N–H and O–H groups in total. The highest BCUT2D eigenvalue weighted by molar-refractivity contribution is 6.19. The van der Waals surface area contributed by atoms with Gasteiger partial charge in [0.2, 0.25) is 0 Å². The second kappa shape index (κ2) is 11.4. The molecule has 5 heteroatoms. The zero-order valence-electron chi connectivity index (χ0n) is 26.9. The Labute approximate surface area is 287 Å². The fourth-order valence-corrected chi connectivity index (χ4v) is 7.29. The van der Waals surface area contributed by atoms with Crippen LogP contribution in [0.4, 0.5) is 0 Å². The van der Waals surface area contributed by atoms with Crippen LogP contribution in [0.5, 0.6) is 0 Å². The van der Waals surface area contributed by atoms with E-state index in [4.69, 9.17) is 19.4 Å². The normalized spacial score (nSPS) is 11.6. The number of hydrogen-bond donors (Lipinski definition) is 0. The van der Waals surface area contributed by atoms with Crippen molar-refractivity contribution in [2.24, 2.45) is 0 Å². The molecule has 3 aromatic heterocycles. The third-order valence-electron chi connectivity index (χ3n) is 9.46. The van der Waals surface area contributed by atoms with E-state index in [9.17, 15) is 0 Å². The number of furan rings is 1. The second-order valence-electron chi connectivity index (χ2n) is 12.4. The Morgan fingerprint density at radius 2 is 0.880 bits per heavy atom. The first-order valence-corrected chi connectivity index (χ1v) is 16.7. The molecule has 10 aromatic rings. The van der Waals surface area contributed by atoms with Gasteiger partial charge in [0.25, 0.3) is 0 Å². The summed E-state index contributed by atoms with van der Waals surface area (Å²) in [5.74, 6) is 1.83. The summed E-state index contributed by atoms with van der Waals surface area (Å²) < 4.78 is 8.99. The smallest absolute Gasteiger partial charge is 0.164 e. The predicted octanol–water partition coefficient (Wildman–Crippen LogP) is 11.5. The lowest BCUT2D eigenvalue weighted by Crippen LogP contribution is -2.00. The van der Waals surface area contributed by atoms with Crippen LogP contribution in [0, 0.1) is 0 Å². The van der Waals surface area contributed by atoms with E-state index in [1.54, 1.807) is 0 Å². The van der Waals surface area contributed by atoms with Gasteiger partial charge in [-0.05, 0) is 41.5 Å². The molecule has 50 heavy (non-hydrogen) atoms. The fraction of sp³-hybridized carbons (Fsp3) is 0. The molecule has 0 amide bonds. The number of nitrogens with zero attached hydrogens (tertiary/aromatic N) is 4. The highest BCUT2D eigenvalue weighted by Crippen LogP contribution is 2.43. The Kier molecular flexibility index (Phi) is 6.42. The number of hydrogen-bond acceptors (Lipinski definition) is 4. The summed E-state index contributed by atoms with van der Waals surface area (Å²) in [5.41, 5.74) is 10.0. The summed E-state index contributed by atoms with van der Waals surface area (Å²) in [6, 6.07) is 58.5. The maximum absolute atomic E-state index is 6.62. The molecule has 0 aliphatic rings. The minimum absolute atomic E-state index is 0.592. The minimum Gasteiger partial charge on any atom is -0.456 e. The maximum atomic E-state index is 6.62. The van der Waals surface area contributed by atoms with Crippen molar-refractivity contribution in [1.82, 2.24) is 19.5 Å². The largest absolute Gasteiger partial charge is 0.456 e. The predicted molar refractivity (Wildman–Crippen MR) is 203 cm³/mol. The van der Waals surface area contributed by atoms with E-state index in [1.165, 1.54) is 21.9 Å². The van der Waals surface area contributed by atoms with E-state index >= 15 is 0 Å². The van der Waals surface area contributed by atoms with Crippen LogP contribution in [0.1, 0.15) is 0 Å². The lowest BCUT2D eigenvalue weighted by atomic mass is 9.99. The summed E-state index contributed by atoms with van der Waals surface area (Å²) >= 11 is 0. The van der Waals surface area contributed by atoms with Crippen LogP contribution < -0.4 is 0 Å². The quantitative estimate of drug-likeness (QED) is 0.188. The van der Waals surface area contributed by atoms with Gasteiger partial charge >= 0.3 is 0 Å². The topological polar surface area (TPSA) is 56.7 Å². The fourth-order valence-electron chi connectivity index (χ4n) is 7.29. The third-order valence-corrected chi connectivity index (χ3v) is 9.46. The van der Waals surface area contributed by atoms with Crippen LogP contribution in [0.2, 0.25) is 0 Å². The molecule has 0 saturated carbocycles. The number of rotatable bonds is 5. The molecule has 3 heterocycles. The number of para-hydroxylation sites is 1. The van der Waals surface area contributed by atoms with Crippen LogP contribution in [0.15, 0.2) is 174 Å². The van der Waals surface area contributed by atoms with Crippen LogP contribution in [0.3, 0.4) is 0 Å². The molecular formula is C45H28N4O. The molecule has 10 rings (SSSR count). The van der Waals surface area contributed by atoms with Crippen molar-refractivity contribution in [3.63, 3.8) is 0 Å². The highest BCUT2D eigenvalue weighted by Gasteiger charge is 2.22. The molecule has 0 aliphatic heterocycles. The number of benzene rings is 7. The lowest BCUT2D eigenvalue weighted by Gasteiger charge is -2.12. The lowest BCUT2D eigenvalue weighted by molar-refractivity contribution is 0.669. The molecule has 0 spiro atoms. The Hall–Kier alpha value is -6.85. The Balaban J connectivity index is 1.28. The average molecular weight is 641 g/mol.